The molecular formula is C45H81N9O14. The molecule has 0 saturated heterocycles. The van der Waals surface area contributed by atoms with Crippen molar-refractivity contribution in [3.63, 3.8) is 0 Å². The number of carboxylic acids is 2. The number of nitrogens with one attached hydrogen (secondary N) is 8. The van der Waals surface area contributed by atoms with E-state index < -0.39 is 169 Å². The van der Waals surface area contributed by atoms with Gasteiger partial charge in [0.2, 0.25) is 47.3 Å². The van der Waals surface area contributed by atoms with Crippen LogP contribution in [-0.2, 0) is 47.9 Å². The van der Waals surface area contributed by atoms with Crippen LogP contribution >= 0.6 is 0 Å². The highest BCUT2D eigenvalue weighted by molar-refractivity contribution is 5.98. The van der Waals surface area contributed by atoms with E-state index in [9.17, 15) is 68.4 Å². The zero-order valence-corrected chi connectivity index (χ0v) is 41.8. The zero-order chi connectivity index (χ0) is 52.7. The Hall–Kier alpha value is -5.42. The molecule has 0 unspecified atom stereocenters. The van der Waals surface area contributed by atoms with Gasteiger partial charge in [0.15, 0.2) is 0 Å². The molecule has 23 heteroatoms. The summed E-state index contributed by atoms with van der Waals surface area (Å²) >= 11 is 0. The van der Waals surface area contributed by atoms with E-state index in [0.717, 1.165) is 0 Å². The lowest BCUT2D eigenvalue weighted by Gasteiger charge is -2.31. The van der Waals surface area contributed by atoms with E-state index in [-0.39, 0.29) is 5.92 Å². The molecule has 0 aromatic rings. The Bertz CT molecular complexity index is 1720. The molecule has 13 atom stereocenters. The highest BCUT2D eigenvalue weighted by Crippen LogP contribution is 2.16. The van der Waals surface area contributed by atoms with Gasteiger partial charge in [-0.2, -0.15) is 0 Å². The van der Waals surface area contributed by atoms with Crippen LogP contribution in [0, 0.1) is 35.5 Å². The smallest absolute Gasteiger partial charge is 0.326 e. The van der Waals surface area contributed by atoms with E-state index in [1.165, 1.54) is 0 Å². The molecule has 0 aromatic carbocycles. The molecule has 0 heterocycles. The number of hydrogen-bond acceptors (Lipinski definition) is 13. The molecule has 0 radical (unpaired) electrons. The third-order valence-electron chi connectivity index (χ3n) is 12.3. The first-order chi connectivity index (χ1) is 31.7. The number of aliphatic hydroxyl groups excluding tert-OH is 2. The fourth-order valence-corrected chi connectivity index (χ4v) is 6.63. The van der Waals surface area contributed by atoms with Gasteiger partial charge >= 0.3 is 11.9 Å². The predicted octanol–water partition coefficient (Wildman–Crippen LogP) is -1.38. The molecule has 0 aliphatic carbocycles. The number of carbonyl (C=O) groups excluding carboxylic acids is 8. The van der Waals surface area contributed by atoms with Gasteiger partial charge in [0.25, 0.3) is 0 Å². The topological polar surface area (TPSA) is 374 Å². The molecule has 68 heavy (non-hydrogen) atoms. The second-order valence-corrected chi connectivity index (χ2v) is 18.3. The van der Waals surface area contributed by atoms with Crippen LogP contribution < -0.4 is 48.3 Å². The minimum absolute atomic E-state index is 0.208. The summed E-state index contributed by atoms with van der Waals surface area (Å²) in [7, 11) is 0. The number of aliphatic carboxylic acids is 2. The number of nitrogens with two attached hydrogens (primary N) is 1. The second-order valence-electron chi connectivity index (χ2n) is 18.3. The van der Waals surface area contributed by atoms with E-state index >= 15 is 0 Å². The molecular weight excluding hydrogens is 891 g/mol. The van der Waals surface area contributed by atoms with Gasteiger partial charge in [-0.25, -0.2) is 4.79 Å². The summed E-state index contributed by atoms with van der Waals surface area (Å²) in [6.07, 6.45) is 0.703. The number of hydrogen-bond donors (Lipinski definition) is 13. The van der Waals surface area contributed by atoms with Crippen molar-refractivity contribution in [2.24, 2.45) is 41.2 Å². The zero-order valence-electron chi connectivity index (χ0n) is 41.8. The third-order valence-corrected chi connectivity index (χ3v) is 12.3. The lowest BCUT2D eigenvalue weighted by atomic mass is 9.94. The third kappa shape index (κ3) is 20.0. The number of amides is 8. The van der Waals surface area contributed by atoms with Gasteiger partial charge < -0.3 is 68.7 Å². The molecule has 14 N–H and O–H groups in total. The molecule has 0 fully saturated rings. The van der Waals surface area contributed by atoms with Crippen LogP contribution in [0.25, 0.3) is 0 Å². The SMILES string of the molecule is CC[C@H](C)[C@H](N)C(=O)N[C@H](C(=O)N[C@@H](CCC(=O)O)C(=O)N[C@H](C(=O)N[C@H](C(=O)N[C@@H](CO)C(=O)N[C@@H](CO)C(=O)N[C@H](C(=O)N[C@H](C(=O)O)C(C)C)C(C)C)[C@@H](C)CC)[C@@H](C)CC)[C@@H](C)CC. The Morgan fingerprint density at radius 3 is 1.06 bits per heavy atom. The summed E-state index contributed by atoms with van der Waals surface area (Å²) < 4.78 is 0. The number of aliphatic hydroxyl groups is 2. The molecule has 8 amide bonds. The van der Waals surface area contributed by atoms with Crippen LogP contribution in [0.15, 0.2) is 0 Å². The quantitative estimate of drug-likeness (QED) is 0.0370. The number of carboxylic acid groups (broad SMARTS) is 2. The van der Waals surface area contributed by atoms with Crippen LogP contribution in [0.3, 0.4) is 0 Å². The molecule has 0 bridgehead atoms. The van der Waals surface area contributed by atoms with Crippen LogP contribution in [0.1, 0.15) is 122 Å². The summed E-state index contributed by atoms with van der Waals surface area (Å²) in [5, 5.41) is 59.0. The molecule has 0 spiro atoms. The van der Waals surface area contributed by atoms with Gasteiger partial charge in [-0.15, -0.1) is 0 Å². The van der Waals surface area contributed by atoms with Crippen molar-refractivity contribution >= 4 is 59.2 Å². The molecule has 0 aliphatic heterocycles. The maximum Gasteiger partial charge on any atom is 0.326 e. The highest BCUT2D eigenvalue weighted by Gasteiger charge is 2.38. The van der Waals surface area contributed by atoms with Gasteiger partial charge in [0, 0.05) is 6.42 Å². The van der Waals surface area contributed by atoms with Crippen LogP contribution in [0.4, 0.5) is 0 Å². The minimum atomic E-state index is -1.74. The lowest BCUT2D eigenvalue weighted by Crippen LogP contribution is -2.63. The fraction of sp³-hybridized carbons (Fsp3) is 0.778. The van der Waals surface area contributed by atoms with E-state index in [2.05, 4.69) is 42.5 Å². The Morgan fingerprint density at radius 1 is 0.397 bits per heavy atom. The molecule has 0 aromatic heterocycles. The standard InChI is InChI=1S/C45H81N9O14/c1-13-23(9)31(46)40(62)53-34(24(10)14-2)42(64)47-27(17-18-30(57)58)37(59)52-36(26(12)16-4)44(66)54-35(25(11)15-3)43(65)49-28(19-55)38(60)48-29(20-56)39(61)50-32(21(5)6)41(63)51-33(22(7)8)45(67)68/h21-29,31-36,55-56H,13-20,46H2,1-12H3,(H,47,64)(H,48,60)(H,49,65)(H,50,61)(H,51,63)(H,52,59)(H,53,62)(H,54,66)(H,57,58)(H,67,68)/t23-,24-,25-,26-,27-,28-,29-,31-,32-,33-,34-,35-,36-/m0/s1. The summed E-state index contributed by atoms with van der Waals surface area (Å²) in [5.74, 6) is -12.6. The largest absolute Gasteiger partial charge is 0.481 e. The summed E-state index contributed by atoms with van der Waals surface area (Å²) in [4.78, 5) is 132. The van der Waals surface area contributed by atoms with Crippen molar-refractivity contribution in [3.8, 4) is 0 Å². The minimum Gasteiger partial charge on any atom is -0.481 e. The first kappa shape index (κ1) is 62.6. The molecule has 0 saturated carbocycles. The molecule has 0 rings (SSSR count). The van der Waals surface area contributed by atoms with E-state index in [0.29, 0.717) is 25.7 Å². The van der Waals surface area contributed by atoms with Crippen LogP contribution in [-0.4, -0.2) is 147 Å². The normalized spacial score (nSPS) is 17.1. The van der Waals surface area contributed by atoms with Gasteiger partial charge in [-0.05, 0) is 41.9 Å². The lowest BCUT2D eigenvalue weighted by molar-refractivity contribution is -0.144. The monoisotopic (exact) mass is 972 g/mol. The van der Waals surface area contributed by atoms with Crippen LogP contribution in [0.5, 0.6) is 0 Å². The van der Waals surface area contributed by atoms with Gasteiger partial charge in [-0.1, -0.05) is 109 Å². The fourth-order valence-electron chi connectivity index (χ4n) is 6.63. The van der Waals surface area contributed by atoms with Crippen molar-refractivity contribution in [1.82, 2.24) is 42.5 Å². The van der Waals surface area contributed by atoms with E-state index in [1.54, 1.807) is 76.2 Å². The average Bonchev–Trinajstić information content (AvgIpc) is 3.29. The Balaban J connectivity index is 6.43. The average molecular weight is 972 g/mol. The Morgan fingerprint density at radius 2 is 0.691 bits per heavy atom. The van der Waals surface area contributed by atoms with Gasteiger partial charge in [0.05, 0.1) is 19.3 Å². The van der Waals surface area contributed by atoms with Crippen molar-refractivity contribution in [3.05, 3.63) is 0 Å². The summed E-state index contributed by atoms with van der Waals surface area (Å²) in [6.45, 7) is 18.1. The highest BCUT2D eigenvalue weighted by atomic mass is 16.4. The second kappa shape index (κ2) is 30.9. The van der Waals surface area contributed by atoms with Crippen molar-refractivity contribution in [1.29, 1.82) is 0 Å². The predicted molar refractivity (Wildman–Crippen MR) is 250 cm³/mol. The first-order valence-corrected chi connectivity index (χ1v) is 23.5. The summed E-state index contributed by atoms with van der Waals surface area (Å²) in [6, 6.07) is -12.3. The van der Waals surface area contributed by atoms with Gasteiger partial charge in [-0.3, -0.25) is 43.2 Å². The first-order valence-electron chi connectivity index (χ1n) is 23.5. The number of rotatable bonds is 32. The van der Waals surface area contributed by atoms with E-state index in [4.69, 9.17) is 5.73 Å². The molecule has 0 aliphatic rings. The Kier molecular flexibility index (Phi) is 28.4. The van der Waals surface area contributed by atoms with Gasteiger partial charge in [0.1, 0.15) is 48.3 Å². The van der Waals surface area contributed by atoms with Crippen LogP contribution in [0.2, 0.25) is 0 Å². The molecule has 390 valence electrons. The Labute approximate surface area is 399 Å². The molecule has 23 nitrogen and oxygen atoms in total. The van der Waals surface area contributed by atoms with Crippen molar-refractivity contribution < 1.29 is 68.4 Å². The van der Waals surface area contributed by atoms with Crippen molar-refractivity contribution in [2.45, 2.75) is 176 Å². The summed E-state index contributed by atoms with van der Waals surface area (Å²) in [5.41, 5.74) is 6.11. The van der Waals surface area contributed by atoms with E-state index in [1.807, 2.05) is 6.92 Å². The van der Waals surface area contributed by atoms with Crippen molar-refractivity contribution in [2.75, 3.05) is 13.2 Å². The maximum absolute atomic E-state index is 14.1. The number of carbonyl (C=O) groups is 10. The maximum atomic E-state index is 14.1.